The van der Waals surface area contributed by atoms with Crippen molar-refractivity contribution in [2.45, 2.75) is 20.0 Å². The molecule has 0 aliphatic heterocycles. The van der Waals surface area contributed by atoms with Gasteiger partial charge in [0, 0.05) is 11.6 Å². The van der Waals surface area contributed by atoms with Crippen LogP contribution in [0.2, 0.25) is 5.02 Å². The van der Waals surface area contributed by atoms with E-state index in [1.54, 1.807) is 17.7 Å². The Balaban J connectivity index is 1.48. The Morgan fingerprint density at radius 2 is 2.21 bits per heavy atom. The van der Waals surface area contributed by atoms with E-state index in [-0.39, 0.29) is 11.5 Å². The molecule has 0 atom stereocenters. The summed E-state index contributed by atoms with van der Waals surface area (Å²) in [6, 6.07) is 7.33. The maximum absolute atomic E-state index is 12.8. The lowest BCUT2D eigenvalue weighted by molar-refractivity contribution is 0.0955. The van der Waals surface area contributed by atoms with Gasteiger partial charge in [-0.15, -0.1) is 5.10 Å². The number of amides is 1. The van der Waals surface area contributed by atoms with Gasteiger partial charge in [0.25, 0.3) is 11.5 Å². The molecule has 4 aromatic rings. The van der Waals surface area contributed by atoms with Crippen LogP contribution in [0.5, 0.6) is 0 Å². The summed E-state index contributed by atoms with van der Waals surface area (Å²) >= 11 is 7.06. The van der Waals surface area contributed by atoms with E-state index in [0.717, 1.165) is 17.1 Å². The summed E-state index contributed by atoms with van der Waals surface area (Å²) in [5, 5.41) is 11.9. The van der Waals surface area contributed by atoms with Crippen molar-refractivity contribution in [1.29, 1.82) is 0 Å². The highest BCUT2D eigenvalue weighted by atomic mass is 35.5. The van der Waals surface area contributed by atoms with Gasteiger partial charge in [-0.25, -0.2) is 9.67 Å². The fourth-order valence-electron chi connectivity index (χ4n) is 2.90. The molecule has 0 saturated carbocycles. The minimum atomic E-state index is -0.231. The lowest BCUT2D eigenvalue weighted by Crippen LogP contribution is -2.27. The summed E-state index contributed by atoms with van der Waals surface area (Å²) in [4.78, 5) is 29.8. The zero-order valence-corrected chi connectivity index (χ0v) is 16.9. The van der Waals surface area contributed by atoms with Crippen molar-refractivity contribution in [1.82, 2.24) is 34.2 Å². The van der Waals surface area contributed by atoms with Gasteiger partial charge in [-0.1, -0.05) is 28.2 Å². The van der Waals surface area contributed by atoms with Crippen LogP contribution >= 0.6 is 23.1 Å². The van der Waals surface area contributed by atoms with Gasteiger partial charge < -0.3 is 5.32 Å². The molecule has 1 amide bonds. The molecule has 1 N–H and O–H groups in total. The Hall–Kier alpha value is -3.11. The van der Waals surface area contributed by atoms with Gasteiger partial charge in [-0.05, 0) is 36.2 Å². The third-order valence-corrected chi connectivity index (χ3v) is 5.39. The lowest BCUT2D eigenvalue weighted by Gasteiger charge is -2.07. The number of aryl methyl sites for hydroxylation is 1. The van der Waals surface area contributed by atoms with E-state index in [2.05, 4.69) is 25.0 Å². The first-order valence-electron chi connectivity index (χ1n) is 8.75. The molecule has 9 nitrogen and oxygen atoms in total. The Morgan fingerprint density at radius 3 is 2.97 bits per heavy atom. The number of carbonyl (C=O) groups is 1. The van der Waals surface area contributed by atoms with Gasteiger partial charge in [-0.2, -0.15) is 5.10 Å². The third kappa shape index (κ3) is 4.03. The van der Waals surface area contributed by atoms with Crippen molar-refractivity contribution >= 4 is 40.1 Å². The molecule has 0 aliphatic rings. The zero-order chi connectivity index (χ0) is 20.4. The van der Waals surface area contributed by atoms with Crippen LogP contribution in [0.15, 0.2) is 41.6 Å². The highest BCUT2D eigenvalue weighted by Crippen LogP contribution is 2.12. The number of benzene rings is 1. The summed E-state index contributed by atoms with van der Waals surface area (Å²) < 4.78 is 6.86. The fourth-order valence-corrected chi connectivity index (χ4v) is 3.69. The van der Waals surface area contributed by atoms with E-state index < -0.39 is 0 Å². The predicted octanol–water partition coefficient (Wildman–Crippen LogP) is 1.88. The van der Waals surface area contributed by atoms with Crippen molar-refractivity contribution in [2.24, 2.45) is 0 Å². The minimum absolute atomic E-state index is 0.184. The largest absolute Gasteiger partial charge is 0.349 e. The second-order valence-electron chi connectivity index (χ2n) is 6.36. The summed E-state index contributed by atoms with van der Waals surface area (Å²) in [5.41, 5.74) is 1.79. The number of halogens is 1. The van der Waals surface area contributed by atoms with Crippen molar-refractivity contribution < 1.29 is 4.79 Å². The molecule has 3 aromatic heterocycles. The summed E-state index contributed by atoms with van der Waals surface area (Å²) in [7, 11) is 0. The topological polar surface area (TPSA) is 108 Å². The number of carbonyl (C=O) groups excluding carboxylic acids is 1. The molecule has 3 heterocycles. The number of rotatable bonds is 6. The van der Waals surface area contributed by atoms with Gasteiger partial charge in [0.05, 0.1) is 25.0 Å². The molecule has 0 radical (unpaired) electrons. The monoisotopic (exact) mass is 429 g/mol. The number of hydrogen-bond acceptors (Lipinski definition) is 7. The van der Waals surface area contributed by atoms with Crippen molar-refractivity contribution in [3.63, 3.8) is 0 Å². The first-order valence-corrected chi connectivity index (χ1v) is 9.90. The minimum Gasteiger partial charge on any atom is -0.349 e. The maximum atomic E-state index is 12.8. The number of nitrogens with one attached hydrogen (secondary N) is 1. The van der Waals surface area contributed by atoms with Gasteiger partial charge >= 0.3 is 0 Å². The Bertz CT molecular complexity index is 1250. The predicted molar refractivity (Wildman–Crippen MR) is 109 cm³/mol. The van der Waals surface area contributed by atoms with Gasteiger partial charge in [-0.3, -0.25) is 14.2 Å². The fraction of sp³-hybridized carbons (Fsp3) is 0.222. The average Bonchev–Trinajstić information content (AvgIpc) is 3.31. The second-order valence-corrected chi connectivity index (χ2v) is 7.55. The maximum Gasteiger partial charge on any atom is 0.265 e. The van der Waals surface area contributed by atoms with Gasteiger partial charge in [0.1, 0.15) is 16.6 Å². The molecule has 0 saturated heterocycles. The van der Waals surface area contributed by atoms with Crippen LogP contribution < -0.4 is 10.9 Å². The number of fused-ring (bicyclic) bond motifs is 1. The second kappa shape index (κ2) is 8.10. The molecule has 0 unspecified atom stereocenters. The van der Waals surface area contributed by atoms with Crippen LogP contribution in [-0.4, -0.2) is 41.4 Å². The molecule has 4 rings (SSSR count). The Labute approximate surface area is 174 Å². The van der Waals surface area contributed by atoms with E-state index in [1.165, 1.54) is 17.1 Å². The zero-order valence-electron chi connectivity index (χ0n) is 15.4. The smallest absolute Gasteiger partial charge is 0.265 e. The third-order valence-electron chi connectivity index (χ3n) is 4.33. The van der Waals surface area contributed by atoms with Crippen molar-refractivity contribution in [3.05, 3.63) is 68.3 Å². The summed E-state index contributed by atoms with van der Waals surface area (Å²) in [5.74, 6) is -0.231. The van der Waals surface area contributed by atoms with Crippen LogP contribution in [0.3, 0.4) is 0 Å². The highest BCUT2D eigenvalue weighted by Gasteiger charge is 2.14. The van der Waals surface area contributed by atoms with Crippen LogP contribution in [0, 0.1) is 6.92 Å². The SMILES string of the molecule is Cc1nnsc1C(=O)NCCn1ncc2c(=O)n(Cc3cccc(Cl)c3)cnc21. The Morgan fingerprint density at radius 1 is 1.34 bits per heavy atom. The molecule has 11 heteroatoms. The molecule has 29 heavy (non-hydrogen) atoms. The first kappa shape index (κ1) is 19.2. The van der Waals surface area contributed by atoms with Crippen LogP contribution in [0.4, 0.5) is 0 Å². The number of aromatic nitrogens is 6. The molecule has 1 aromatic carbocycles. The molecule has 0 spiro atoms. The van der Waals surface area contributed by atoms with E-state index >= 15 is 0 Å². The lowest BCUT2D eigenvalue weighted by atomic mass is 10.2. The average molecular weight is 430 g/mol. The summed E-state index contributed by atoms with van der Waals surface area (Å²) in [6.07, 6.45) is 2.99. The molecule has 0 bridgehead atoms. The molecule has 148 valence electrons. The molecule has 0 fully saturated rings. The first-order chi connectivity index (χ1) is 14.0. The van der Waals surface area contributed by atoms with E-state index in [9.17, 15) is 9.59 Å². The quantitative estimate of drug-likeness (QED) is 0.501. The molecular weight excluding hydrogens is 414 g/mol. The van der Waals surface area contributed by atoms with Crippen LogP contribution in [0.1, 0.15) is 20.9 Å². The van der Waals surface area contributed by atoms with E-state index in [4.69, 9.17) is 11.6 Å². The normalized spacial score (nSPS) is 11.1. The van der Waals surface area contributed by atoms with Crippen molar-refractivity contribution in [3.8, 4) is 0 Å². The molecular formula is C18H16ClN7O2S. The standard InChI is InChI=1S/C18H16ClN7O2S/c1-11-15(29-24-23-11)17(27)20-5-6-26-16-14(8-22-26)18(28)25(10-21-16)9-12-3-2-4-13(19)7-12/h2-4,7-8,10H,5-6,9H2,1H3,(H,20,27). The van der Waals surface area contributed by atoms with E-state index in [1.807, 2.05) is 18.2 Å². The Kier molecular flexibility index (Phi) is 5.36. The van der Waals surface area contributed by atoms with Gasteiger partial charge in [0.15, 0.2) is 5.65 Å². The van der Waals surface area contributed by atoms with Crippen molar-refractivity contribution in [2.75, 3.05) is 6.54 Å². The summed E-state index contributed by atoms with van der Waals surface area (Å²) in [6.45, 7) is 2.81. The number of nitrogens with zero attached hydrogens (tertiary/aromatic N) is 6. The van der Waals surface area contributed by atoms with Gasteiger partial charge in [0.2, 0.25) is 0 Å². The molecule has 0 aliphatic carbocycles. The van der Waals surface area contributed by atoms with Crippen LogP contribution in [-0.2, 0) is 13.1 Å². The van der Waals surface area contributed by atoms with E-state index in [0.29, 0.717) is 46.3 Å². The number of hydrogen-bond donors (Lipinski definition) is 1. The highest BCUT2D eigenvalue weighted by molar-refractivity contribution is 7.08. The van der Waals surface area contributed by atoms with Crippen LogP contribution in [0.25, 0.3) is 11.0 Å².